The van der Waals surface area contributed by atoms with Crippen molar-refractivity contribution in [2.24, 2.45) is 0 Å². The van der Waals surface area contributed by atoms with Crippen molar-refractivity contribution in [2.45, 2.75) is 0 Å². The third-order valence-electron chi connectivity index (χ3n) is 4.12. The zero-order valence-electron chi connectivity index (χ0n) is 14.4. The number of anilines is 1. The molecule has 0 saturated carbocycles. The lowest BCUT2D eigenvalue weighted by molar-refractivity contribution is 0.0773. The number of para-hydroxylation sites is 1. The Morgan fingerprint density at radius 1 is 1.20 bits per heavy atom. The molecular weight excluding hydrogens is 318 g/mol. The first kappa shape index (κ1) is 17.2. The Balaban J connectivity index is 1.51. The quantitative estimate of drug-likeness (QED) is 0.805. The number of pyridine rings is 1. The molecule has 1 amide bonds. The number of benzene rings is 1. The third kappa shape index (κ3) is 4.70. The van der Waals surface area contributed by atoms with E-state index >= 15 is 0 Å². The number of carbonyl (C=O) groups is 1. The van der Waals surface area contributed by atoms with Crippen molar-refractivity contribution in [3.63, 3.8) is 0 Å². The maximum atomic E-state index is 12.5. The maximum Gasteiger partial charge on any atom is 0.255 e. The van der Waals surface area contributed by atoms with Gasteiger partial charge in [-0.2, -0.15) is 0 Å². The molecule has 6 heteroatoms. The van der Waals surface area contributed by atoms with Crippen molar-refractivity contribution in [1.82, 2.24) is 9.88 Å². The lowest BCUT2D eigenvalue weighted by Gasteiger charge is -2.27. The van der Waals surface area contributed by atoms with Crippen LogP contribution in [0, 0.1) is 0 Å². The molecule has 6 nitrogen and oxygen atoms in total. The molecule has 1 aliphatic heterocycles. The number of hydrogen-bond acceptors (Lipinski definition) is 5. The van der Waals surface area contributed by atoms with Gasteiger partial charge in [0, 0.05) is 26.3 Å². The van der Waals surface area contributed by atoms with E-state index in [1.54, 1.807) is 18.1 Å². The normalized spacial score (nSPS) is 14.2. The molecule has 1 aromatic carbocycles. The highest BCUT2D eigenvalue weighted by molar-refractivity contribution is 5.93. The lowest BCUT2D eigenvalue weighted by atomic mass is 10.2. The fraction of sp³-hybridized carbons (Fsp3) is 0.368. The molecule has 0 spiro atoms. The average Bonchev–Trinajstić information content (AvgIpc) is 2.69. The Morgan fingerprint density at radius 2 is 1.96 bits per heavy atom. The maximum absolute atomic E-state index is 12.5. The van der Waals surface area contributed by atoms with Gasteiger partial charge in [-0.1, -0.05) is 18.2 Å². The van der Waals surface area contributed by atoms with Crippen molar-refractivity contribution in [1.29, 1.82) is 0 Å². The van der Waals surface area contributed by atoms with Gasteiger partial charge in [0.15, 0.2) is 0 Å². The molecule has 25 heavy (non-hydrogen) atoms. The Hall–Kier alpha value is -2.60. The molecule has 1 aliphatic rings. The van der Waals surface area contributed by atoms with Crippen molar-refractivity contribution >= 4 is 11.7 Å². The van der Waals surface area contributed by atoms with Gasteiger partial charge in [-0.05, 0) is 24.3 Å². The Bertz CT molecular complexity index is 670. The molecule has 3 rings (SSSR count). The molecule has 1 aromatic heterocycles. The summed E-state index contributed by atoms with van der Waals surface area (Å²) in [5.41, 5.74) is 0.583. The van der Waals surface area contributed by atoms with Gasteiger partial charge < -0.3 is 19.3 Å². The number of carbonyl (C=O) groups excluding carboxylic acids is 1. The monoisotopic (exact) mass is 341 g/mol. The molecule has 132 valence electrons. The third-order valence-corrected chi connectivity index (χ3v) is 4.12. The van der Waals surface area contributed by atoms with Crippen LogP contribution in [-0.2, 0) is 4.74 Å². The van der Waals surface area contributed by atoms with E-state index in [2.05, 4.69) is 9.88 Å². The number of likely N-dealkylation sites (N-methyl/N-ethyl adjacent to an activating group) is 1. The number of rotatable bonds is 6. The van der Waals surface area contributed by atoms with E-state index in [0.29, 0.717) is 31.9 Å². The molecule has 0 bridgehead atoms. The van der Waals surface area contributed by atoms with Crippen LogP contribution in [-0.4, -0.2) is 62.3 Å². The van der Waals surface area contributed by atoms with Gasteiger partial charge in [-0.25, -0.2) is 4.98 Å². The van der Waals surface area contributed by atoms with Crippen LogP contribution in [0.4, 0.5) is 5.82 Å². The van der Waals surface area contributed by atoms with E-state index in [4.69, 9.17) is 9.47 Å². The lowest BCUT2D eigenvalue weighted by Crippen LogP contribution is -2.36. The Kier molecular flexibility index (Phi) is 5.85. The van der Waals surface area contributed by atoms with Crippen LogP contribution < -0.4 is 9.64 Å². The summed E-state index contributed by atoms with van der Waals surface area (Å²) in [7, 11) is 1.77. The minimum absolute atomic E-state index is 0.0577. The highest BCUT2D eigenvalue weighted by Crippen LogP contribution is 2.14. The van der Waals surface area contributed by atoms with E-state index in [9.17, 15) is 4.79 Å². The second-order valence-corrected chi connectivity index (χ2v) is 5.89. The SMILES string of the molecule is CN(CCOc1ccccc1)C(=O)c1ccc(N2CCOCC2)nc1. The first-order valence-electron chi connectivity index (χ1n) is 8.46. The summed E-state index contributed by atoms with van der Waals surface area (Å²) in [6, 6.07) is 13.3. The summed E-state index contributed by atoms with van der Waals surface area (Å²) in [5, 5.41) is 0. The van der Waals surface area contributed by atoms with Gasteiger partial charge in [0.05, 0.1) is 25.3 Å². The smallest absolute Gasteiger partial charge is 0.255 e. The number of morpholine rings is 1. The van der Waals surface area contributed by atoms with E-state index in [1.807, 2.05) is 42.5 Å². The Labute approximate surface area is 148 Å². The second kappa shape index (κ2) is 8.48. The highest BCUT2D eigenvalue weighted by atomic mass is 16.5. The number of amides is 1. The summed E-state index contributed by atoms with van der Waals surface area (Å²) >= 11 is 0. The molecule has 2 aromatic rings. The van der Waals surface area contributed by atoms with Crippen LogP contribution in [0.25, 0.3) is 0 Å². The summed E-state index contributed by atoms with van der Waals surface area (Å²) in [5.74, 6) is 1.63. The van der Waals surface area contributed by atoms with Crippen LogP contribution in [0.15, 0.2) is 48.7 Å². The molecule has 0 aliphatic carbocycles. The molecule has 2 heterocycles. The standard InChI is InChI=1S/C19H23N3O3/c1-21(9-14-25-17-5-3-2-4-6-17)19(23)16-7-8-18(20-15-16)22-10-12-24-13-11-22/h2-8,15H,9-14H2,1H3. The summed E-state index contributed by atoms with van der Waals surface area (Å²) in [6.07, 6.45) is 1.64. The summed E-state index contributed by atoms with van der Waals surface area (Å²) in [4.78, 5) is 20.7. The second-order valence-electron chi connectivity index (χ2n) is 5.89. The molecule has 0 N–H and O–H groups in total. The van der Waals surface area contributed by atoms with Gasteiger partial charge in [0.25, 0.3) is 5.91 Å². The van der Waals surface area contributed by atoms with E-state index in [1.165, 1.54) is 0 Å². The molecular formula is C19H23N3O3. The van der Waals surface area contributed by atoms with Crippen molar-refractivity contribution < 1.29 is 14.3 Å². The topological polar surface area (TPSA) is 54.9 Å². The molecule has 1 fully saturated rings. The van der Waals surface area contributed by atoms with Gasteiger partial charge in [-0.3, -0.25) is 4.79 Å². The van der Waals surface area contributed by atoms with Crippen molar-refractivity contribution in [3.8, 4) is 5.75 Å². The van der Waals surface area contributed by atoms with Gasteiger partial charge >= 0.3 is 0 Å². The van der Waals surface area contributed by atoms with Crippen LogP contribution in [0.3, 0.4) is 0 Å². The molecule has 1 saturated heterocycles. The largest absolute Gasteiger partial charge is 0.492 e. The van der Waals surface area contributed by atoms with Gasteiger partial charge in [0.2, 0.25) is 0 Å². The number of nitrogens with zero attached hydrogens (tertiary/aromatic N) is 3. The Morgan fingerprint density at radius 3 is 2.64 bits per heavy atom. The molecule has 0 unspecified atom stereocenters. The minimum Gasteiger partial charge on any atom is -0.492 e. The van der Waals surface area contributed by atoms with Gasteiger partial charge in [0.1, 0.15) is 18.2 Å². The predicted molar refractivity (Wildman–Crippen MR) is 96.2 cm³/mol. The summed E-state index contributed by atoms with van der Waals surface area (Å²) in [6.45, 7) is 4.05. The average molecular weight is 341 g/mol. The van der Waals surface area contributed by atoms with Crippen LogP contribution in [0.2, 0.25) is 0 Å². The van der Waals surface area contributed by atoms with E-state index < -0.39 is 0 Å². The first-order chi connectivity index (χ1) is 12.2. The summed E-state index contributed by atoms with van der Waals surface area (Å²) < 4.78 is 11.0. The zero-order valence-corrected chi connectivity index (χ0v) is 14.4. The van der Waals surface area contributed by atoms with E-state index in [-0.39, 0.29) is 5.91 Å². The first-order valence-corrected chi connectivity index (χ1v) is 8.46. The zero-order chi connectivity index (χ0) is 17.5. The number of hydrogen-bond donors (Lipinski definition) is 0. The fourth-order valence-corrected chi connectivity index (χ4v) is 2.63. The van der Waals surface area contributed by atoms with Crippen molar-refractivity contribution in [2.75, 3.05) is 51.4 Å². The molecule has 0 atom stereocenters. The van der Waals surface area contributed by atoms with Crippen LogP contribution in [0.5, 0.6) is 5.75 Å². The highest BCUT2D eigenvalue weighted by Gasteiger charge is 2.15. The molecule has 0 radical (unpaired) electrons. The van der Waals surface area contributed by atoms with Gasteiger partial charge in [-0.15, -0.1) is 0 Å². The van der Waals surface area contributed by atoms with Crippen LogP contribution in [0.1, 0.15) is 10.4 Å². The number of ether oxygens (including phenoxy) is 2. The van der Waals surface area contributed by atoms with E-state index in [0.717, 1.165) is 24.7 Å². The fourth-order valence-electron chi connectivity index (χ4n) is 2.63. The minimum atomic E-state index is -0.0577. The van der Waals surface area contributed by atoms with Crippen LogP contribution >= 0.6 is 0 Å². The predicted octanol–water partition coefficient (Wildman–Crippen LogP) is 2.07. The van der Waals surface area contributed by atoms with Crippen molar-refractivity contribution in [3.05, 3.63) is 54.2 Å². The number of aromatic nitrogens is 1.